The van der Waals surface area contributed by atoms with Gasteiger partial charge in [-0.15, -0.1) is 0 Å². The number of unbranched alkanes of at least 4 members (excludes halogenated alkanes) is 50. The molecular weight excluding hydrogens is 1270 g/mol. The van der Waals surface area contributed by atoms with E-state index in [1.54, 1.807) is 0 Å². The predicted molar refractivity (Wildman–Crippen MR) is 395 cm³/mol. The van der Waals surface area contributed by atoms with Gasteiger partial charge in [-0.05, 0) is 31.6 Å². The summed E-state index contributed by atoms with van der Waals surface area (Å²) >= 11 is 0. The van der Waals surface area contributed by atoms with E-state index in [0.717, 1.165) is 95.8 Å². The Morgan fingerprint density at radius 3 is 0.701 bits per heavy atom. The minimum Gasteiger partial charge on any atom is -0.462 e. The van der Waals surface area contributed by atoms with Crippen LogP contribution in [-0.4, -0.2) is 96.7 Å². The van der Waals surface area contributed by atoms with Crippen molar-refractivity contribution in [2.24, 2.45) is 5.92 Å². The molecule has 19 heteroatoms. The second kappa shape index (κ2) is 71.1. The quantitative estimate of drug-likeness (QED) is 0.0222. The third kappa shape index (κ3) is 72.2. The lowest BCUT2D eigenvalue weighted by atomic mass is 10.0. The summed E-state index contributed by atoms with van der Waals surface area (Å²) in [5.41, 5.74) is 0. The van der Waals surface area contributed by atoms with E-state index in [4.69, 9.17) is 37.0 Å². The molecule has 0 aromatic heterocycles. The molecule has 0 spiro atoms. The highest BCUT2D eigenvalue weighted by molar-refractivity contribution is 7.47. The number of aliphatic hydroxyl groups is 1. The van der Waals surface area contributed by atoms with E-state index >= 15 is 0 Å². The van der Waals surface area contributed by atoms with Gasteiger partial charge in [0.05, 0.1) is 26.4 Å². The monoisotopic (exact) mass is 1420 g/mol. The normalized spacial score (nSPS) is 13.9. The molecule has 2 unspecified atom stereocenters. The third-order valence-corrected chi connectivity index (χ3v) is 20.2. The molecule has 5 atom stereocenters. The van der Waals surface area contributed by atoms with Crippen molar-refractivity contribution in [2.45, 2.75) is 432 Å². The van der Waals surface area contributed by atoms with Crippen LogP contribution in [-0.2, 0) is 65.4 Å². The number of phosphoric ester groups is 2. The zero-order chi connectivity index (χ0) is 71.2. The van der Waals surface area contributed by atoms with Crippen LogP contribution in [0.4, 0.5) is 0 Å². The van der Waals surface area contributed by atoms with Crippen molar-refractivity contribution in [3.05, 3.63) is 0 Å². The second-order valence-corrected chi connectivity index (χ2v) is 31.5. The topological polar surface area (TPSA) is 237 Å². The van der Waals surface area contributed by atoms with Gasteiger partial charge in [-0.1, -0.05) is 362 Å². The molecule has 0 saturated heterocycles. The summed E-state index contributed by atoms with van der Waals surface area (Å²) in [5, 5.41) is 10.6. The number of hydrogen-bond donors (Lipinski definition) is 3. The van der Waals surface area contributed by atoms with Crippen molar-refractivity contribution in [3.8, 4) is 0 Å². The van der Waals surface area contributed by atoms with Crippen LogP contribution in [0.5, 0.6) is 0 Å². The smallest absolute Gasteiger partial charge is 0.462 e. The van der Waals surface area contributed by atoms with Crippen molar-refractivity contribution < 1.29 is 80.2 Å². The molecule has 0 amide bonds. The SMILES string of the molecule is CCCCCCCCCCCCCCCCCCCCCCCC(=O)O[C@H](COC(=O)CCCCCCCCCCCCC(C)C)COP(=O)(O)OC[C@@H](O)COP(=O)(O)OC[C@@H](COC(=O)CCCCCCCCCCCCC)OC(=O)CCCCCCCCCCCCCC. The summed E-state index contributed by atoms with van der Waals surface area (Å²) in [6.45, 7) is 7.30. The minimum absolute atomic E-state index is 0.108. The Bertz CT molecular complexity index is 1860. The molecule has 0 aliphatic carbocycles. The Morgan fingerprint density at radius 2 is 0.474 bits per heavy atom. The van der Waals surface area contributed by atoms with E-state index in [1.165, 1.54) is 238 Å². The fourth-order valence-electron chi connectivity index (χ4n) is 12.1. The maximum atomic E-state index is 13.1. The molecule has 0 saturated carbocycles. The average molecular weight is 1420 g/mol. The molecule has 0 aliphatic heterocycles. The number of esters is 4. The molecule has 3 N–H and O–H groups in total. The lowest BCUT2D eigenvalue weighted by molar-refractivity contribution is -0.161. The van der Waals surface area contributed by atoms with Gasteiger partial charge < -0.3 is 33.8 Å². The van der Waals surface area contributed by atoms with Gasteiger partial charge in [0, 0.05) is 25.7 Å². The van der Waals surface area contributed by atoms with E-state index in [-0.39, 0.29) is 25.7 Å². The molecule has 17 nitrogen and oxygen atoms in total. The average Bonchev–Trinajstić information content (AvgIpc) is 1.23. The molecular formula is C78H152O17P2. The molecule has 0 aliphatic rings. The predicted octanol–water partition coefficient (Wildman–Crippen LogP) is 23.3. The van der Waals surface area contributed by atoms with Crippen molar-refractivity contribution in [3.63, 3.8) is 0 Å². The van der Waals surface area contributed by atoms with Crippen molar-refractivity contribution in [1.82, 2.24) is 0 Å². The Kier molecular flexibility index (Phi) is 69.6. The van der Waals surface area contributed by atoms with Crippen molar-refractivity contribution >= 4 is 39.5 Å². The van der Waals surface area contributed by atoms with E-state index in [0.29, 0.717) is 25.7 Å². The lowest BCUT2D eigenvalue weighted by Gasteiger charge is -2.21. The molecule has 0 heterocycles. The molecule has 0 bridgehead atoms. The zero-order valence-corrected chi connectivity index (χ0v) is 65.0. The van der Waals surface area contributed by atoms with Gasteiger partial charge >= 0.3 is 39.5 Å². The summed E-state index contributed by atoms with van der Waals surface area (Å²) in [6.07, 6.45) is 61.0. The number of hydrogen-bond acceptors (Lipinski definition) is 15. The lowest BCUT2D eigenvalue weighted by Crippen LogP contribution is -2.30. The molecule has 576 valence electrons. The van der Waals surface area contributed by atoms with Crippen LogP contribution < -0.4 is 0 Å². The zero-order valence-electron chi connectivity index (χ0n) is 63.2. The molecule has 0 rings (SSSR count). The molecule has 97 heavy (non-hydrogen) atoms. The minimum atomic E-state index is -4.96. The first-order valence-corrected chi connectivity index (χ1v) is 43.6. The van der Waals surface area contributed by atoms with E-state index in [9.17, 15) is 43.2 Å². The summed E-state index contributed by atoms with van der Waals surface area (Å²) in [6, 6.07) is 0. The van der Waals surface area contributed by atoms with Crippen molar-refractivity contribution in [2.75, 3.05) is 39.6 Å². The Hall–Kier alpha value is -1.94. The van der Waals surface area contributed by atoms with Crippen LogP contribution in [0, 0.1) is 5.92 Å². The number of ether oxygens (including phenoxy) is 4. The first-order valence-electron chi connectivity index (χ1n) is 40.6. The van der Waals surface area contributed by atoms with Gasteiger partial charge in [-0.2, -0.15) is 0 Å². The fourth-order valence-corrected chi connectivity index (χ4v) is 13.6. The largest absolute Gasteiger partial charge is 0.472 e. The number of rotatable bonds is 78. The number of phosphoric acid groups is 2. The van der Waals surface area contributed by atoms with Crippen LogP contribution in [0.25, 0.3) is 0 Å². The number of carbonyl (C=O) groups is 4. The number of aliphatic hydroxyl groups excluding tert-OH is 1. The summed E-state index contributed by atoms with van der Waals surface area (Å²) < 4.78 is 68.6. The highest BCUT2D eigenvalue weighted by Gasteiger charge is 2.30. The van der Waals surface area contributed by atoms with Gasteiger partial charge in [-0.25, -0.2) is 9.13 Å². The second-order valence-electron chi connectivity index (χ2n) is 28.6. The van der Waals surface area contributed by atoms with Crippen LogP contribution >= 0.6 is 15.6 Å². The van der Waals surface area contributed by atoms with E-state index in [2.05, 4.69) is 34.6 Å². The highest BCUT2D eigenvalue weighted by atomic mass is 31.2. The number of carbonyl (C=O) groups excluding carboxylic acids is 4. The maximum Gasteiger partial charge on any atom is 0.472 e. The van der Waals surface area contributed by atoms with Gasteiger partial charge in [0.1, 0.15) is 19.3 Å². The molecule has 0 aromatic rings. The fraction of sp³-hybridized carbons (Fsp3) is 0.949. The molecule has 0 radical (unpaired) electrons. The van der Waals surface area contributed by atoms with Crippen LogP contribution in [0.3, 0.4) is 0 Å². The van der Waals surface area contributed by atoms with Crippen LogP contribution in [0.1, 0.15) is 413 Å². The Balaban J connectivity index is 5.20. The Labute approximate surface area is 594 Å². The van der Waals surface area contributed by atoms with Crippen LogP contribution in [0.2, 0.25) is 0 Å². The van der Waals surface area contributed by atoms with Crippen molar-refractivity contribution in [1.29, 1.82) is 0 Å². The van der Waals surface area contributed by atoms with Gasteiger partial charge in [0.15, 0.2) is 12.2 Å². The highest BCUT2D eigenvalue weighted by Crippen LogP contribution is 2.45. The van der Waals surface area contributed by atoms with Gasteiger partial charge in [0.2, 0.25) is 0 Å². The molecule has 0 aromatic carbocycles. The van der Waals surface area contributed by atoms with E-state index < -0.39 is 97.5 Å². The third-order valence-electron chi connectivity index (χ3n) is 18.3. The summed E-state index contributed by atoms with van der Waals surface area (Å²) in [5.74, 6) is -1.35. The first-order chi connectivity index (χ1) is 47.0. The van der Waals surface area contributed by atoms with Gasteiger partial charge in [-0.3, -0.25) is 37.3 Å². The first kappa shape index (κ1) is 95.1. The Morgan fingerprint density at radius 1 is 0.278 bits per heavy atom. The van der Waals surface area contributed by atoms with Crippen LogP contribution in [0.15, 0.2) is 0 Å². The standard InChI is InChI=1S/C78H152O17P2/c1-6-9-12-15-18-21-24-26-27-28-29-30-31-32-33-34-37-44-49-54-59-64-78(83)95-74(68-89-76(81)62-57-52-47-42-39-38-40-45-50-55-60-71(4)5)70-93-97(86,87)91-66-72(79)65-90-96(84,85)92-69-73(67-88-75(80)61-56-51-46-41-35-23-20-17-14-11-8-3)94-77(82)63-58-53-48-43-36-25-22-19-16-13-10-7-2/h71-74,79H,6-70H2,1-5H3,(H,84,85)(H,86,87)/t72-,73+,74+/m0/s1. The summed E-state index contributed by atoms with van der Waals surface area (Å²) in [7, 11) is -9.91. The molecule has 0 fully saturated rings. The summed E-state index contributed by atoms with van der Waals surface area (Å²) in [4.78, 5) is 72.9. The maximum absolute atomic E-state index is 13.1. The van der Waals surface area contributed by atoms with E-state index in [1.807, 2.05) is 0 Å². The van der Waals surface area contributed by atoms with Gasteiger partial charge in [0.25, 0.3) is 0 Å².